The second-order valence-corrected chi connectivity index (χ2v) is 6.07. The number of aromatic nitrogens is 2. The van der Waals surface area contributed by atoms with Gasteiger partial charge in [-0.15, -0.1) is 0 Å². The normalized spacial score (nSPS) is 24.4. The summed E-state index contributed by atoms with van der Waals surface area (Å²) >= 11 is 3.68. The minimum absolute atomic E-state index is 0.659. The third kappa shape index (κ3) is 3.15. The predicted molar refractivity (Wildman–Crippen MR) is 78.9 cm³/mol. The SMILES string of the molecule is CCCn1ncc(Br)c1C1CCCC(NCC)C1. The molecular formula is C14H24BrN3. The van der Waals surface area contributed by atoms with Crippen molar-refractivity contribution in [1.82, 2.24) is 15.1 Å². The van der Waals surface area contributed by atoms with E-state index in [1.807, 2.05) is 6.20 Å². The Morgan fingerprint density at radius 2 is 2.28 bits per heavy atom. The second-order valence-electron chi connectivity index (χ2n) is 5.22. The van der Waals surface area contributed by atoms with Crippen LogP contribution in [0.2, 0.25) is 0 Å². The summed E-state index contributed by atoms with van der Waals surface area (Å²) in [7, 11) is 0. The Balaban J connectivity index is 2.12. The summed E-state index contributed by atoms with van der Waals surface area (Å²) in [6, 6.07) is 0.686. The molecule has 1 fully saturated rings. The molecule has 0 bridgehead atoms. The van der Waals surface area contributed by atoms with Crippen molar-refractivity contribution >= 4 is 15.9 Å². The molecule has 0 aromatic carbocycles. The van der Waals surface area contributed by atoms with Crippen LogP contribution in [0, 0.1) is 0 Å². The molecule has 0 spiro atoms. The van der Waals surface area contributed by atoms with E-state index in [0.717, 1.165) is 19.5 Å². The van der Waals surface area contributed by atoms with Crippen molar-refractivity contribution in [2.24, 2.45) is 0 Å². The van der Waals surface area contributed by atoms with Gasteiger partial charge >= 0.3 is 0 Å². The highest BCUT2D eigenvalue weighted by molar-refractivity contribution is 9.10. The minimum atomic E-state index is 0.659. The zero-order valence-corrected chi connectivity index (χ0v) is 13.0. The van der Waals surface area contributed by atoms with E-state index >= 15 is 0 Å². The van der Waals surface area contributed by atoms with Gasteiger partial charge in [0.1, 0.15) is 0 Å². The third-order valence-corrected chi connectivity index (χ3v) is 4.43. The number of nitrogens with zero attached hydrogens (tertiary/aromatic N) is 2. The Labute approximate surface area is 118 Å². The lowest BCUT2D eigenvalue weighted by Crippen LogP contribution is -2.33. The summed E-state index contributed by atoms with van der Waals surface area (Å²) in [4.78, 5) is 0. The Bertz CT molecular complexity index is 373. The van der Waals surface area contributed by atoms with Crippen molar-refractivity contribution in [2.45, 2.75) is 64.5 Å². The predicted octanol–water partition coefficient (Wildman–Crippen LogP) is 3.69. The molecule has 1 aliphatic carbocycles. The molecular weight excluding hydrogens is 290 g/mol. The maximum absolute atomic E-state index is 4.50. The van der Waals surface area contributed by atoms with E-state index in [1.54, 1.807) is 0 Å². The molecule has 1 saturated carbocycles. The fourth-order valence-electron chi connectivity index (χ4n) is 3.08. The summed E-state index contributed by atoms with van der Waals surface area (Å²) in [5, 5.41) is 8.10. The summed E-state index contributed by atoms with van der Waals surface area (Å²) in [5.74, 6) is 0.659. The van der Waals surface area contributed by atoms with Gasteiger partial charge in [0.15, 0.2) is 0 Å². The molecule has 1 heterocycles. The van der Waals surface area contributed by atoms with E-state index in [1.165, 1.54) is 35.8 Å². The van der Waals surface area contributed by atoms with Crippen LogP contribution in [-0.4, -0.2) is 22.4 Å². The molecule has 1 aromatic heterocycles. The topological polar surface area (TPSA) is 29.9 Å². The smallest absolute Gasteiger partial charge is 0.0635 e. The lowest BCUT2D eigenvalue weighted by atomic mass is 9.83. The zero-order chi connectivity index (χ0) is 13.0. The fourth-order valence-corrected chi connectivity index (χ4v) is 3.70. The number of aryl methyl sites for hydroxylation is 1. The Morgan fingerprint density at radius 3 is 3.00 bits per heavy atom. The molecule has 0 saturated heterocycles. The number of hydrogen-bond donors (Lipinski definition) is 1. The summed E-state index contributed by atoms with van der Waals surface area (Å²) in [6.45, 7) is 6.51. The van der Waals surface area contributed by atoms with Crippen LogP contribution in [0.3, 0.4) is 0 Å². The number of hydrogen-bond acceptors (Lipinski definition) is 2. The number of rotatable bonds is 5. The summed E-state index contributed by atoms with van der Waals surface area (Å²) in [5.41, 5.74) is 1.42. The van der Waals surface area contributed by atoms with E-state index < -0.39 is 0 Å². The van der Waals surface area contributed by atoms with Crippen LogP contribution in [0.1, 0.15) is 57.6 Å². The molecule has 4 heteroatoms. The molecule has 2 rings (SSSR count). The molecule has 3 nitrogen and oxygen atoms in total. The fraction of sp³-hybridized carbons (Fsp3) is 0.786. The minimum Gasteiger partial charge on any atom is -0.314 e. The maximum atomic E-state index is 4.50. The molecule has 102 valence electrons. The lowest BCUT2D eigenvalue weighted by molar-refractivity contribution is 0.331. The first-order valence-electron chi connectivity index (χ1n) is 7.20. The summed E-state index contributed by atoms with van der Waals surface area (Å²) < 4.78 is 3.39. The Hall–Kier alpha value is -0.350. The van der Waals surface area contributed by atoms with Crippen LogP contribution in [0.5, 0.6) is 0 Å². The van der Waals surface area contributed by atoms with Gasteiger partial charge < -0.3 is 5.32 Å². The standard InChI is InChI=1S/C14H24BrN3/c1-3-8-18-14(13(15)10-17-18)11-6-5-7-12(9-11)16-4-2/h10-12,16H,3-9H2,1-2H3. The van der Waals surface area contributed by atoms with Gasteiger partial charge in [0.25, 0.3) is 0 Å². The molecule has 0 radical (unpaired) electrons. The largest absolute Gasteiger partial charge is 0.314 e. The highest BCUT2D eigenvalue weighted by atomic mass is 79.9. The first-order valence-corrected chi connectivity index (χ1v) is 8.00. The van der Waals surface area contributed by atoms with Crippen LogP contribution in [-0.2, 0) is 6.54 Å². The molecule has 18 heavy (non-hydrogen) atoms. The van der Waals surface area contributed by atoms with Crippen LogP contribution >= 0.6 is 15.9 Å². The van der Waals surface area contributed by atoms with Crippen molar-refractivity contribution < 1.29 is 0 Å². The van der Waals surface area contributed by atoms with Crippen LogP contribution in [0.15, 0.2) is 10.7 Å². The van der Waals surface area contributed by atoms with E-state index in [4.69, 9.17) is 0 Å². The molecule has 0 amide bonds. The quantitative estimate of drug-likeness (QED) is 0.898. The van der Waals surface area contributed by atoms with Crippen molar-refractivity contribution in [2.75, 3.05) is 6.54 Å². The van der Waals surface area contributed by atoms with Crippen LogP contribution < -0.4 is 5.32 Å². The lowest BCUT2D eigenvalue weighted by Gasteiger charge is -2.30. The number of nitrogens with one attached hydrogen (secondary N) is 1. The maximum Gasteiger partial charge on any atom is 0.0635 e. The highest BCUT2D eigenvalue weighted by Crippen LogP contribution is 2.36. The first-order chi connectivity index (χ1) is 8.76. The monoisotopic (exact) mass is 313 g/mol. The van der Waals surface area contributed by atoms with Gasteiger partial charge in [0.05, 0.1) is 16.4 Å². The molecule has 1 N–H and O–H groups in total. The van der Waals surface area contributed by atoms with E-state index in [-0.39, 0.29) is 0 Å². The van der Waals surface area contributed by atoms with Crippen molar-refractivity contribution in [3.05, 3.63) is 16.4 Å². The third-order valence-electron chi connectivity index (χ3n) is 3.82. The van der Waals surface area contributed by atoms with Crippen LogP contribution in [0.4, 0.5) is 0 Å². The van der Waals surface area contributed by atoms with Gasteiger partial charge in [-0.1, -0.05) is 20.3 Å². The van der Waals surface area contributed by atoms with E-state index in [2.05, 4.69) is 44.9 Å². The summed E-state index contributed by atoms with van der Waals surface area (Å²) in [6.07, 6.45) is 8.31. The van der Waals surface area contributed by atoms with E-state index in [9.17, 15) is 0 Å². The van der Waals surface area contributed by atoms with Crippen LogP contribution in [0.25, 0.3) is 0 Å². The Morgan fingerprint density at radius 1 is 1.44 bits per heavy atom. The van der Waals surface area contributed by atoms with Gasteiger partial charge in [0.2, 0.25) is 0 Å². The molecule has 2 unspecified atom stereocenters. The van der Waals surface area contributed by atoms with Gasteiger partial charge in [-0.05, 0) is 48.2 Å². The van der Waals surface area contributed by atoms with Crippen molar-refractivity contribution in [3.8, 4) is 0 Å². The first kappa shape index (κ1) is 14.1. The van der Waals surface area contributed by atoms with Gasteiger partial charge in [0, 0.05) is 18.5 Å². The molecule has 2 atom stereocenters. The highest BCUT2D eigenvalue weighted by Gasteiger charge is 2.26. The molecule has 1 aliphatic rings. The van der Waals surface area contributed by atoms with Gasteiger partial charge in [-0.2, -0.15) is 5.10 Å². The van der Waals surface area contributed by atoms with E-state index in [0.29, 0.717) is 12.0 Å². The second kappa shape index (κ2) is 6.71. The van der Waals surface area contributed by atoms with Crippen molar-refractivity contribution in [3.63, 3.8) is 0 Å². The van der Waals surface area contributed by atoms with Gasteiger partial charge in [-0.25, -0.2) is 0 Å². The van der Waals surface area contributed by atoms with Gasteiger partial charge in [-0.3, -0.25) is 4.68 Å². The Kier molecular flexibility index (Phi) is 5.25. The average molecular weight is 314 g/mol. The number of halogens is 1. The molecule has 1 aromatic rings. The average Bonchev–Trinajstić information content (AvgIpc) is 2.72. The zero-order valence-electron chi connectivity index (χ0n) is 11.5. The van der Waals surface area contributed by atoms with Crippen molar-refractivity contribution in [1.29, 1.82) is 0 Å². The molecule has 0 aliphatic heterocycles.